The van der Waals surface area contributed by atoms with Crippen molar-refractivity contribution >= 4 is 11.6 Å². The summed E-state index contributed by atoms with van der Waals surface area (Å²) in [5.41, 5.74) is 2.49. The molecule has 2 aliphatic rings. The van der Waals surface area contributed by atoms with Gasteiger partial charge in [-0.25, -0.2) is 0 Å². The molecule has 1 amide bonds. The van der Waals surface area contributed by atoms with Crippen molar-refractivity contribution < 1.29 is 4.79 Å². The van der Waals surface area contributed by atoms with Crippen LogP contribution in [-0.4, -0.2) is 11.9 Å². The Morgan fingerprint density at radius 2 is 1.95 bits per heavy atom. The van der Waals surface area contributed by atoms with Gasteiger partial charge in [-0.05, 0) is 50.2 Å². The molecule has 1 heterocycles. The van der Waals surface area contributed by atoms with Crippen molar-refractivity contribution in [2.24, 2.45) is 5.92 Å². The Bertz CT molecular complexity index is 462. The molecule has 1 saturated carbocycles. The summed E-state index contributed by atoms with van der Waals surface area (Å²) in [6.07, 6.45) is 8.05. The molecule has 0 bridgehead atoms. The molecule has 102 valence electrons. The van der Waals surface area contributed by atoms with Crippen LogP contribution in [0.5, 0.6) is 0 Å². The van der Waals surface area contributed by atoms with Crippen LogP contribution in [-0.2, 0) is 11.2 Å². The molecule has 1 aromatic carbocycles. The molecular formula is C17H23NO. The molecule has 19 heavy (non-hydrogen) atoms. The number of para-hydroxylation sites is 1. The largest absolute Gasteiger partial charge is 0.309 e. The Kier molecular flexibility index (Phi) is 3.58. The van der Waals surface area contributed by atoms with Gasteiger partial charge in [0.05, 0.1) is 0 Å². The number of fused-ring (bicyclic) bond motifs is 1. The highest BCUT2D eigenvalue weighted by atomic mass is 16.2. The normalized spacial score (nSPS) is 23.4. The lowest BCUT2D eigenvalue weighted by molar-refractivity contribution is -0.120. The number of aryl methyl sites for hydroxylation is 1. The maximum absolute atomic E-state index is 12.7. The molecule has 3 rings (SSSR count). The number of benzene rings is 1. The van der Waals surface area contributed by atoms with E-state index in [1.54, 1.807) is 0 Å². The number of rotatable bonds is 2. The highest BCUT2D eigenvalue weighted by Crippen LogP contribution is 2.33. The third-order valence-corrected chi connectivity index (χ3v) is 4.73. The SMILES string of the molecule is CC1CCc2ccccc2N1C(=O)CC1CCCC1. The maximum atomic E-state index is 12.7. The van der Waals surface area contributed by atoms with Gasteiger partial charge in [-0.3, -0.25) is 4.79 Å². The highest BCUT2D eigenvalue weighted by Gasteiger charge is 2.29. The van der Waals surface area contributed by atoms with Crippen molar-refractivity contribution in [2.75, 3.05) is 4.90 Å². The first kappa shape index (κ1) is 12.7. The predicted molar refractivity (Wildman–Crippen MR) is 78.3 cm³/mol. The molecule has 0 saturated heterocycles. The number of nitrogens with zero attached hydrogens (tertiary/aromatic N) is 1. The zero-order chi connectivity index (χ0) is 13.2. The molecule has 1 fully saturated rings. The Labute approximate surface area is 115 Å². The van der Waals surface area contributed by atoms with Gasteiger partial charge in [-0.15, -0.1) is 0 Å². The van der Waals surface area contributed by atoms with Gasteiger partial charge in [-0.1, -0.05) is 31.0 Å². The van der Waals surface area contributed by atoms with Crippen molar-refractivity contribution in [1.82, 2.24) is 0 Å². The lowest BCUT2D eigenvalue weighted by Crippen LogP contribution is -2.42. The van der Waals surface area contributed by atoms with E-state index < -0.39 is 0 Å². The summed E-state index contributed by atoms with van der Waals surface area (Å²) in [6, 6.07) is 8.75. The smallest absolute Gasteiger partial charge is 0.227 e. The number of carbonyl (C=O) groups excluding carboxylic acids is 1. The minimum Gasteiger partial charge on any atom is -0.309 e. The minimum absolute atomic E-state index is 0.339. The summed E-state index contributed by atoms with van der Waals surface area (Å²) in [4.78, 5) is 14.7. The van der Waals surface area contributed by atoms with E-state index >= 15 is 0 Å². The van der Waals surface area contributed by atoms with Crippen molar-refractivity contribution in [3.05, 3.63) is 29.8 Å². The number of amides is 1. The van der Waals surface area contributed by atoms with Gasteiger partial charge in [0.1, 0.15) is 0 Å². The van der Waals surface area contributed by atoms with Crippen LogP contribution < -0.4 is 4.90 Å². The van der Waals surface area contributed by atoms with E-state index in [2.05, 4.69) is 30.0 Å². The molecule has 0 aromatic heterocycles. The van der Waals surface area contributed by atoms with Crippen molar-refractivity contribution in [3.63, 3.8) is 0 Å². The van der Waals surface area contributed by atoms with Crippen LogP contribution in [0.1, 0.15) is 51.0 Å². The second-order valence-corrected chi connectivity index (χ2v) is 6.13. The molecular weight excluding hydrogens is 234 g/mol. The Balaban J connectivity index is 1.80. The standard InChI is InChI=1S/C17H23NO/c1-13-10-11-15-8-4-5-9-16(15)18(13)17(19)12-14-6-2-3-7-14/h4-5,8-9,13-14H,2-3,6-7,10-12H2,1H3. The van der Waals surface area contributed by atoms with Crippen molar-refractivity contribution in [1.29, 1.82) is 0 Å². The Morgan fingerprint density at radius 1 is 1.21 bits per heavy atom. The van der Waals surface area contributed by atoms with Crippen LogP contribution in [0.15, 0.2) is 24.3 Å². The van der Waals surface area contributed by atoms with Gasteiger partial charge in [0.2, 0.25) is 5.91 Å². The van der Waals surface area contributed by atoms with E-state index in [1.807, 2.05) is 6.07 Å². The van der Waals surface area contributed by atoms with Gasteiger partial charge in [0, 0.05) is 18.2 Å². The molecule has 0 N–H and O–H groups in total. The molecule has 0 spiro atoms. The average molecular weight is 257 g/mol. The number of hydrogen-bond acceptors (Lipinski definition) is 1. The predicted octanol–water partition coefficient (Wildman–Crippen LogP) is 3.93. The topological polar surface area (TPSA) is 20.3 Å². The maximum Gasteiger partial charge on any atom is 0.227 e. The zero-order valence-electron chi connectivity index (χ0n) is 11.8. The molecule has 2 heteroatoms. The van der Waals surface area contributed by atoms with Gasteiger partial charge in [-0.2, -0.15) is 0 Å². The summed E-state index contributed by atoms with van der Waals surface area (Å²) >= 11 is 0. The van der Waals surface area contributed by atoms with Gasteiger partial charge in [0.25, 0.3) is 0 Å². The zero-order valence-corrected chi connectivity index (χ0v) is 11.8. The summed E-state index contributed by atoms with van der Waals surface area (Å²) in [5.74, 6) is 0.973. The van der Waals surface area contributed by atoms with Gasteiger partial charge >= 0.3 is 0 Å². The number of hydrogen-bond donors (Lipinski definition) is 0. The second-order valence-electron chi connectivity index (χ2n) is 6.13. The first-order valence-electron chi connectivity index (χ1n) is 7.65. The van der Waals surface area contributed by atoms with E-state index in [0.29, 0.717) is 17.9 Å². The van der Waals surface area contributed by atoms with E-state index in [-0.39, 0.29) is 0 Å². The molecule has 1 unspecified atom stereocenters. The summed E-state index contributed by atoms with van der Waals surface area (Å²) in [5, 5.41) is 0. The lowest BCUT2D eigenvalue weighted by atomic mass is 9.95. The number of anilines is 1. The number of carbonyl (C=O) groups is 1. The highest BCUT2D eigenvalue weighted by molar-refractivity contribution is 5.95. The second kappa shape index (κ2) is 5.36. The fraction of sp³-hybridized carbons (Fsp3) is 0.588. The average Bonchev–Trinajstić information content (AvgIpc) is 2.91. The van der Waals surface area contributed by atoms with Crippen molar-refractivity contribution in [3.8, 4) is 0 Å². The first-order chi connectivity index (χ1) is 9.25. The molecule has 1 atom stereocenters. The van der Waals surface area contributed by atoms with Crippen LogP contribution in [0, 0.1) is 5.92 Å². The molecule has 2 nitrogen and oxygen atoms in total. The third kappa shape index (κ3) is 2.54. The lowest BCUT2D eigenvalue weighted by Gasteiger charge is -2.36. The fourth-order valence-electron chi connectivity index (χ4n) is 3.63. The van der Waals surface area contributed by atoms with Crippen LogP contribution in [0.3, 0.4) is 0 Å². The van der Waals surface area contributed by atoms with Gasteiger partial charge < -0.3 is 4.90 Å². The van der Waals surface area contributed by atoms with Crippen LogP contribution in [0.4, 0.5) is 5.69 Å². The van der Waals surface area contributed by atoms with E-state index in [4.69, 9.17) is 0 Å². The third-order valence-electron chi connectivity index (χ3n) is 4.73. The fourth-order valence-corrected chi connectivity index (χ4v) is 3.63. The molecule has 1 aromatic rings. The monoisotopic (exact) mass is 257 g/mol. The first-order valence-corrected chi connectivity index (χ1v) is 7.65. The van der Waals surface area contributed by atoms with E-state index in [0.717, 1.165) is 24.9 Å². The van der Waals surface area contributed by atoms with Crippen LogP contribution in [0.25, 0.3) is 0 Å². The Hall–Kier alpha value is -1.31. The Morgan fingerprint density at radius 3 is 2.74 bits per heavy atom. The summed E-state index contributed by atoms with van der Waals surface area (Å²) in [6.45, 7) is 2.18. The quantitative estimate of drug-likeness (QED) is 0.786. The summed E-state index contributed by atoms with van der Waals surface area (Å²) in [7, 11) is 0. The van der Waals surface area contributed by atoms with E-state index in [9.17, 15) is 4.79 Å². The van der Waals surface area contributed by atoms with Gasteiger partial charge in [0.15, 0.2) is 0 Å². The van der Waals surface area contributed by atoms with Crippen LogP contribution in [0.2, 0.25) is 0 Å². The molecule has 1 aliphatic heterocycles. The van der Waals surface area contributed by atoms with Crippen LogP contribution >= 0.6 is 0 Å². The minimum atomic E-state index is 0.339. The summed E-state index contributed by atoms with van der Waals surface area (Å²) < 4.78 is 0. The molecule has 0 radical (unpaired) electrons. The van der Waals surface area contributed by atoms with E-state index in [1.165, 1.54) is 31.2 Å². The van der Waals surface area contributed by atoms with Crippen molar-refractivity contribution in [2.45, 2.75) is 57.9 Å². The molecule has 1 aliphatic carbocycles.